The standard InChI is InChI=1S/C15H13NO5S/c17-13(18)8-7-12-15(22(19,20)21)14-10-4-2-1-3-9(10)5-6-11(14)16-12/h1-6,16H,7-8H2,(H,17,18)(H,19,20,21). The molecule has 0 radical (unpaired) electrons. The van der Waals surface area contributed by atoms with Gasteiger partial charge in [0.15, 0.2) is 0 Å². The van der Waals surface area contributed by atoms with E-state index < -0.39 is 16.1 Å². The number of carboxylic acid groups (broad SMARTS) is 1. The molecule has 0 aliphatic heterocycles. The molecular formula is C15H13NO5S. The fourth-order valence-electron chi connectivity index (χ4n) is 2.68. The lowest BCUT2D eigenvalue weighted by atomic mass is 10.1. The topological polar surface area (TPSA) is 107 Å². The molecule has 0 aliphatic carbocycles. The number of H-pyrrole nitrogens is 1. The number of aliphatic carboxylic acids is 1. The summed E-state index contributed by atoms with van der Waals surface area (Å²) < 4.78 is 33.2. The first-order valence-electron chi connectivity index (χ1n) is 6.59. The van der Waals surface area contributed by atoms with E-state index in [1.54, 1.807) is 18.2 Å². The summed E-state index contributed by atoms with van der Waals surface area (Å²) in [5.41, 5.74) is 0.753. The van der Waals surface area contributed by atoms with Crippen LogP contribution < -0.4 is 0 Å². The minimum Gasteiger partial charge on any atom is -0.481 e. The molecule has 0 amide bonds. The Morgan fingerprint density at radius 3 is 2.55 bits per heavy atom. The number of rotatable bonds is 4. The van der Waals surface area contributed by atoms with Crippen molar-refractivity contribution < 1.29 is 22.9 Å². The summed E-state index contributed by atoms with van der Waals surface area (Å²) in [6.45, 7) is 0. The molecule has 2 aromatic carbocycles. The number of hydrogen-bond donors (Lipinski definition) is 3. The quantitative estimate of drug-likeness (QED) is 0.641. The highest BCUT2D eigenvalue weighted by Gasteiger charge is 2.24. The second kappa shape index (κ2) is 5.11. The highest BCUT2D eigenvalue weighted by Crippen LogP contribution is 2.33. The van der Waals surface area contributed by atoms with Crippen LogP contribution >= 0.6 is 0 Å². The lowest BCUT2D eigenvalue weighted by molar-refractivity contribution is -0.137. The zero-order chi connectivity index (χ0) is 15.9. The van der Waals surface area contributed by atoms with Gasteiger partial charge in [-0.2, -0.15) is 8.42 Å². The molecule has 0 spiro atoms. The second-order valence-electron chi connectivity index (χ2n) is 5.01. The molecule has 0 bridgehead atoms. The summed E-state index contributed by atoms with van der Waals surface area (Å²) in [4.78, 5) is 13.4. The Labute approximate surface area is 126 Å². The van der Waals surface area contributed by atoms with Crippen molar-refractivity contribution in [3.8, 4) is 0 Å². The molecule has 3 aromatic rings. The van der Waals surface area contributed by atoms with E-state index in [1.165, 1.54) is 0 Å². The highest BCUT2D eigenvalue weighted by atomic mass is 32.2. The number of hydrogen-bond acceptors (Lipinski definition) is 3. The molecule has 1 aromatic heterocycles. The summed E-state index contributed by atoms with van der Waals surface area (Å²) in [6, 6.07) is 10.8. The van der Waals surface area contributed by atoms with Gasteiger partial charge in [-0.25, -0.2) is 0 Å². The zero-order valence-corrected chi connectivity index (χ0v) is 12.2. The van der Waals surface area contributed by atoms with Gasteiger partial charge in [0.1, 0.15) is 4.90 Å². The molecule has 0 aliphatic rings. The van der Waals surface area contributed by atoms with E-state index in [4.69, 9.17) is 5.11 Å². The smallest absolute Gasteiger partial charge is 0.303 e. The van der Waals surface area contributed by atoms with Gasteiger partial charge in [0.25, 0.3) is 10.1 Å². The molecule has 1 heterocycles. The average Bonchev–Trinajstić information content (AvgIpc) is 2.84. The highest BCUT2D eigenvalue weighted by molar-refractivity contribution is 7.86. The lowest BCUT2D eigenvalue weighted by Crippen LogP contribution is -2.04. The molecule has 3 rings (SSSR count). The molecular weight excluding hydrogens is 306 g/mol. The average molecular weight is 319 g/mol. The SMILES string of the molecule is O=C(O)CCc1[nH]c2ccc3ccccc3c2c1S(=O)(=O)O. The van der Waals surface area contributed by atoms with Crippen molar-refractivity contribution in [3.05, 3.63) is 42.1 Å². The number of nitrogens with one attached hydrogen (secondary N) is 1. The summed E-state index contributed by atoms with van der Waals surface area (Å²) in [7, 11) is -4.48. The molecule has 0 unspecified atom stereocenters. The Hall–Kier alpha value is -2.38. The molecule has 0 atom stereocenters. The van der Waals surface area contributed by atoms with Crippen molar-refractivity contribution in [2.75, 3.05) is 0 Å². The first-order valence-corrected chi connectivity index (χ1v) is 8.03. The zero-order valence-electron chi connectivity index (χ0n) is 11.4. The fraction of sp³-hybridized carbons (Fsp3) is 0.133. The van der Waals surface area contributed by atoms with Gasteiger partial charge in [0.2, 0.25) is 0 Å². The van der Waals surface area contributed by atoms with Crippen LogP contribution in [0.2, 0.25) is 0 Å². The van der Waals surface area contributed by atoms with Crippen LogP contribution in [0.3, 0.4) is 0 Å². The summed E-state index contributed by atoms with van der Waals surface area (Å²) in [5, 5.41) is 10.7. The van der Waals surface area contributed by atoms with Crippen LogP contribution in [0, 0.1) is 0 Å². The van der Waals surface area contributed by atoms with Gasteiger partial charge in [-0.3, -0.25) is 9.35 Å². The first kappa shape index (κ1) is 14.6. The van der Waals surface area contributed by atoms with Crippen LogP contribution in [0.5, 0.6) is 0 Å². The van der Waals surface area contributed by atoms with Gasteiger partial charge < -0.3 is 10.1 Å². The van der Waals surface area contributed by atoms with E-state index in [1.807, 2.05) is 18.2 Å². The Bertz CT molecular complexity index is 988. The third-order valence-corrected chi connectivity index (χ3v) is 4.53. The van der Waals surface area contributed by atoms with Gasteiger partial charge in [-0.1, -0.05) is 30.3 Å². The largest absolute Gasteiger partial charge is 0.481 e. The van der Waals surface area contributed by atoms with E-state index in [-0.39, 0.29) is 23.4 Å². The Morgan fingerprint density at radius 1 is 1.14 bits per heavy atom. The Morgan fingerprint density at radius 2 is 1.86 bits per heavy atom. The van der Waals surface area contributed by atoms with Gasteiger partial charge in [-0.15, -0.1) is 0 Å². The van der Waals surface area contributed by atoms with E-state index in [0.717, 1.165) is 5.39 Å². The summed E-state index contributed by atoms with van der Waals surface area (Å²) in [6.07, 6.45) is -0.235. The Kier molecular flexibility index (Phi) is 3.38. The van der Waals surface area contributed by atoms with Crippen LogP contribution in [-0.4, -0.2) is 29.0 Å². The van der Waals surface area contributed by atoms with Gasteiger partial charge in [-0.05, 0) is 23.3 Å². The van der Waals surface area contributed by atoms with Crippen molar-refractivity contribution in [2.24, 2.45) is 0 Å². The Balaban J connectivity index is 2.38. The normalized spacial score (nSPS) is 12.0. The molecule has 6 nitrogen and oxygen atoms in total. The number of benzene rings is 2. The maximum absolute atomic E-state index is 11.8. The third-order valence-electron chi connectivity index (χ3n) is 3.56. The lowest BCUT2D eigenvalue weighted by Gasteiger charge is -2.03. The van der Waals surface area contributed by atoms with Crippen molar-refractivity contribution in [2.45, 2.75) is 17.7 Å². The van der Waals surface area contributed by atoms with Crippen LogP contribution in [0.4, 0.5) is 0 Å². The van der Waals surface area contributed by atoms with Gasteiger partial charge in [0.05, 0.1) is 6.42 Å². The maximum atomic E-state index is 11.8. The van der Waals surface area contributed by atoms with Gasteiger partial charge in [0, 0.05) is 16.6 Å². The predicted molar refractivity (Wildman–Crippen MR) is 81.6 cm³/mol. The van der Waals surface area contributed by atoms with Crippen molar-refractivity contribution in [3.63, 3.8) is 0 Å². The van der Waals surface area contributed by atoms with Crippen LogP contribution in [0.15, 0.2) is 41.3 Å². The first-order chi connectivity index (χ1) is 10.4. The molecule has 114 valence electrons. The second-order valence-corrected chi connectivity index (χ2v) is 6.37. The molecule has 3 N–H and O–H groups in total. The summed E-state index contributed by atoms with van der Waals surface area (Å²) in [5.74, 6) is -1.04. The molecule has 22 heavy (non-hydrogen) atoms. The van der Waals surface area contributed by atoms with Crippen LogP contribution in [0.1, 0.15) is 12.1 Å². The van der Waals surface area contributed by atoms with E-state index in [2.05, 4.69) is 4.98 Å². The number of fused-ring (bicyclic) bond motifs is 3. The molecule has 0 saturated carbocycles. The monoisotopic (exact) mass is 319 g/mol. The number of aryl methyl sites for hydroxylation is 1. The minimum absolute atomic E-state index is 0.00648. The maximum Gasteiger partial charge on any atom is 0.303 e. The predicted octanol–water partition coefficient (Wildman–Crippen LogP) is 2.59. The van der Waals surface area contributed by atoms with E-state index in [0.29, 0.717) is 16.3 Å². The van der Waals surface area contributed by atoms with Crippen molar-refractivity contribution in [1.29, 1.82) is 0 Å². The summed E-state index contributed by atoms with van der Waals surface area (Å²) >= 11 is 0. The van der Waals surface area contributed by atoms with Crippen molar-refractivity contribution >= 4 is 37.8 Å². The third kappa shape index (κ3) is 2.44. The fourth-order valence-corrected chi connectivity index (χ4v) is 3.63. The van der Waals surface area contributed by atoms with E-state index >= 15 is 0 Å². The minimum atomic E-state index is -4.48. The molecule has 7 heteroatoms. The van der Waals surface area contributed by atoms with Gasteiger partial charge >= 0.3 is 5.97 Å². The molecule has 0 fully saturated rings. The number of carboxylic acids is 1. The van der Waals surface area contributed by atoms with E-state index in [9.17, 15) is 17.8 Å². The number of aromatic amines is 1. The van der Waals surface area contributed by atoms with Crippen molar-refractivity contribution in [1.82, 2.24) is 4.98 Å². The number of aromatic nitrogens is 1. The van der Waals surface area contributed by atoms with Crippen LogP contribution in [0.25, 0.3) is 21.7 Å². The number of carbonyl (C=O) groups is 1. The molecule has 0 saturated heterocycles. The van der Waals surface area contributed by atoms with Crippen LogP contribution in [-0.2, 0) is 21.3 Å².